The van der Waals surface area contributed by atoms with Crippen LogP contribution in [0.2, 0.25) is 0 Å². The zero-order valence-electron chi connectivity index (χ0n) is 31.7. The molecule has 3 atom stereocenters. The van der Waals surface area contributed by atoms with Gasteiger partial charge in [0, 0.05) is 31.6 Å². The van der Waals surface area contributed by atoms with E-state index in [1.807, 2.05) is 31.2 Å². The van der Waals surface area contributed by atoms with E-state index in [9.17, 15) is 9.90 Å². The van der Waals surface area contributed by atoms with Crippen molar-refractivity contribution in [2.24, 2.45) is 0 Å². The highest BCUT2D eigenvalue weighted by molar-refractivity contribution is 5.74. The van der Waals surface area contributed by atoms with Crippen LogP contribution in [-0.4, -0.2) is 48.3 Å². The van der Waals surface area contributed by atoms with Gasteiger partial charge in [-0.1, -0.05) is 151 Å². The largest absolute Gasteiger partial charge is 0.392 e. The van der Waals surface area contributed by atoms with E-state index >= 15 is 0 Å². The number of unbranched alkanes of at least 4 members (excludes halogenated alkanes) is 10. The summed E-state index contributed by atoms with van der Waals surface area (Å²) in [7, 11) is 0. The second-order valence-corrected chi connectivity index (χ2v) is 14.2. The van der Waals surface area contributed by atoms with Crippen molar-refractivity contribution in [1.82, 2.24) is 15.5 Å². The van der Waals surface area contributed by atoms with Crippen molar-refractivity contribution in [1.29, 1.82) is 0 Å². The number of benzene rings is 3. The van der Waals surface area contributed by atoms with Crippen molar-refractivity contribution in [3.05, 3.63) is 95.1 Å². The quantitative estimate of drug-likeness (QED) is 0.0859. The summed E-state index contributed by atoms with van der Waals surface area (Å²) in [5, 5.41) is 15.4. The highest BCUT2D eigenvalue weighted by Crippen LogP contribution is 2.39. The van der Waals surface area contributed by atoms with Crippen LogP contribution in [0.15, 0.2) is 72.8 Å². The molecule has 51 heavy (non-hydrogen) atoms. The molecule has 1 aliphatic rings. The molecule has 0 saturated carbocycles. The van der Waals surface area contributed by atoms with E-state index < -0.39 is 6.29 Å². The number of hydrogen-bond acceptors (Lipinski definition) is 5. The first kappa shape index (κ1) is 40.5. The molecule has 2 amide bonds. The molecule has 1 heterocycles. The molecular formula is C44H65N3O4. The lowest BCUT2D eigenvalue weighted by Gasteiger charge is -2.38. The van der Waals surface area contributed by atoms with E-state index in [1.54, 1.807) is 0 Å². The first-order chi connectivity index (χ1) is 25.0. The Morgan fingerprint density at radius 3 is 1.96 bits per heavy atom. The van der Waals surface area contributed by atoms with Crippen LogP contribution in [0.4, 0.5) is 4.79 Å². The number of rotatable bonds is 23. The fourth-order valence-corrected chi connectivity index (χ4v) is 7.02. The van der Waals surface area contributed by atoms with Gasteiger partial charge in [0.2, 0.25) is 0 Å². The van der Waals surface area contributed by atoms with E-state index in [4.69, 9.17) is 9.47 Å². The highest BCUT2D eigenvalue weighted by Gasteiger charge is 2.33. The minimum Gasteiger partial charge on any atom is -0.392 e. The lowest BCUT2D eigenvalue weighted by molar-refractivity contribution is -0.253. The van der Waals surface area contributed by atoms with Crippen LogP contribution in [0.1, 0.15) is 139 Å². The Kier molecular flexibility index (Phi) is 18.6. The summed E-state index contributed by atoms with van der Waals surface area (Å²) in [5.74, 6) is 0. The molecule has 4 rings (SSSR count). The molecule has 3 N–H and O–H groups in total. The zero-order chi connectivity index (χ0) is 36.1. The number of carbonyl (C=O) groups is 1. The number of amides is 2. The second kappa shape index (κ2) is 23.4. The molecule has 3 aromatic rings. The lowest BCUT2D eigenvalue weighted by Crippen LogP contribution is -2.40. The van der Waals surface area contributed by atoms with Crippen molar-refractivity contribution in [2.45, 2.75) is 136 Å². The number of urea groups is 1. The lowest BCUT2D eigenvalue weighted by atomic mass is 9.97. The normalized spacial score (nSPS) is 17.5. The van der Waals surface area contributed by atoms with Crippen LogP contribution < -0.4 is 10.6 Å². The third-order valence-corrected chi connectivity index (χ3v) is 10.0. The van der Waals surface area contributed by atoms with Crippen molar-refractivity contribution >= 4 is 6.03 Å². The minimum absolute atomic E-state index is 0.0312. The molecule has 0 unspecified atom stereocenters. The third kappa shape index (κ3) is 14.0. The van der Waals surface area contributed by atoms with Gasteiger partial charge in [0.1, 0.15) is 0 Å². The fourth-order valence-electron chi connectivity index (χ4n) is 7.02. The summed E-state index contributed by atoms with van der Waals surface area (Å²) in [4.78, 5) is 14.7. The Hall–Kier alpha value is -3.23. The summed E-state index contributed by atoms with van der Waals surface area (Å²) in [6.45, 7) is 10.7. The van der Waals surface area contributed by atoms with Crippen LogP contribution in [0, 0.1) is 0 Å². The van der Waals surface area contributed by atoms with Crippen molar-refractivity contribution in [3.63, 3.8) is 0 Å². The molecule has 280 valence electrons. The van der Waals surface area contributed by atoms with Gasteiger partial charge in [-0.05, 0) is 60.7 Å². The molecule has 3 aromatic carbocycles. The number of aliphatic hydroxyl groups excluding tert-OH is 1. The van der Waals surface area contributed by atoms with Gasteiger partial charge in [0.05, 0.1) is 18.8 Å². The number of carbonyl (C=O) groups excluding carboxylic acids is 1. The first-order valence-corrected chi connectivity index (χ1v) is 20.0. The van der Waals surface area contributed by atoms with Crippen LogP contribution in [-0.2, 0) is 22.6 Å². The number of nitrogens with one attached hydrogen (secondary N) is 2. The minimum atomic E-state index is -0.486. The fraction of sp³-hybridized carbons (Fsp3) is 0.568. The molecule has 1 aliphatic heterocycles. The average molecular weight is 700 g/mol. The maximum Gasteiger partial charge on any atom is 0.315 e. The molecule has 1 saturated heterocycles. The first-order valence-electron chi connectivity index (χ1n) is 20.0. The van der Waals surface area contributed by atoms with Gasteiger partial charge in [-0.2, -0.15) is 0 Å². The van der Waals surface area contributed by atoms with Crippen LogP contribution >= 0.6 is 0 Å². The van der Waals surface area contributed by atoms with Crippen LogP contribution in [0.3, 0.4) is 0 Å². The second-order valence-electron chi connectivity index (χ2n) is 14.2. The van der Waals surface area contributed by atoms with Gasteiger partial charge < -0.3 is 30.1 Å². The van der Waals surface area contributed by atoms with E-state index in [1.165, 1.54) is 77.0 Å². The Bertz CT molecular complexity index is 1360. The number of ether oxygens (including phenoxy) is 2. The summed E-state index contributed by atoms with van der Waals surface area (Å²) < 4.78 is 13.5. The monoisotopic (exact) mass is 699 g/mol. The van der Waals surface area contributed by atoms with Crippen molar-refractivity contribution in [2.75, 3.05) is 26.2 Å². The molecule has 0 aliphatic carbocycles. The SMILES string of the molecule is CCCCCCCCN(CCCCCCCC)C[C@@H]1C[C@H](c2ccc(CO)cc2)O[C@H](c2ccc(-c3ccccc3CNC(=O)NCC)cc2)O1. The van der Waals surface area contributed by atoms with Gasteiger partial charge >= 0.3 is 6.03 Å². The Morgan fingerprint density at radius 2 is 1.33 bits per heavy atom. The summed E-state index contributed by atoms with van der Waals surface area (Å²) in [5.41, 5.74) is 6.25. The standard InChI is InChI=1S/C44H65N3O4/c1-4-7-9-11-13-17-29-47(30-18-14-12-10-8-5-2)33-40-31-42(37-23-21-35(34-48)22-24-37)51-43(50-40)38-27-25-36(26-28-38)41-20-16-15-19-39(41)32-46-44(49)45-6-3/h15-16,19-28,40,42-43,48H,4-14,17-18,29-34H2,1-3H3,(H2,45,46,49)/t40-,42+,43+/m0/s1. The van der Waals surface area contributed by atoms with Crippen molar-refractivity contribution in [3.8, 4) is 11.1 Å². The summed E-state index contributed by atoms with van der Waals surface area (Å²) in [6, 6.07) is 24.7. The van der Waals surface area contributed by atoms with Crippen LogP contribution in [0.5, 0.6) is 0 Å². The number of nitrogens with zero attached hydrogens (tertiary/aromatic N) is 1. The number of hydrogen-bond donors (Lipinski definition) is 3. The van der Waals surface area contributed by atoms with Gasteiger partial charge in [-0.25, -0.2) is 4.79 Å². The smallest absolute Gasteiger partial charge is 0.315 e. The maximum absolute atomic E-state index is 12.1. The molecule has 0 spiro atoms. The maximum atomic E-state index is 12.1. The average Bonchev–Trinajstić information content (AvgIpc) is 3.16. The van der Waals surface area contributed by atoms with Gasteiger partial charge in [-0.15, -0.1) is 0 Å². The van der Waals surface area contributed by atoms with E-state index in [-0.39, 0.29) is 24.8 Å². The summed E-state index contributed by atoms with van der Waals surface area (Å²) >= 11 is 0. The molecule has 0 radical (unpaired) electrons. The zero-order valence-corrected chi connectivity index (χ0v) is 31.7. The van der Waals surface area contributed by atoms with Gasteiger partial charge in [-0.3, -0.25) is 0 Å². The van der Waals surface area contributed by atoms with Crippen molar-refractivity contribution < 1.29 is 19.4 Å². The van der Waals surface area contributed by atoms with Crippen LogP contribution in [0.25, 0.3) is 11.1 Å². The molecule has 7 nitrogen and oxygen atoms in total. The van der Waals surface area contributed by atoms with E-state index in [2.05, 4.69) is 77.9 Å². The molecule has 0 aromatic heterocycles. The molecule has 0 bridgehead atoms. The van der Waals surface area contributed by atoms with E-state index in [0.29, 0.717) is 13.1 Å². The predicted molar refractivity (Wildman–Crippen MR) is 209 cm³/mol. The predicted octanol–water partition coefficient (Wildman–Crippen LogP) is 10.2. The highest BCUT2D eigenvalue weighted by atomic mass is 16.7. The molecule has 1 fully saturated rings. The Balaban J connectivity index is 1.49. The molecule has 7 heteroatoms. The Labute approximate surface area is 308 Å². The third-order valence-electron chi connectivity index (χ3n) is 10.0. The van der Waals surface area contributed by atoms with Gasteiger partial charge in [0.15, 0.2) is 6.29 Å². The topological polar surface area (TPSA) is 83.1 Å². The van der Waals surface area contributed by atoms with E-state index in [0.717, 1.165) is 59.4 Å². The molecular weight excluding hydrogens is 635 g/mol. The van der Waals surface area contributed by atoms with Gasteiger partial charge in [0.25, 0.3) is 0 Å². The Morgan fingerprint density at radius 1 is 0.725 bits per heavy atom. The number of aliphatic hydroxyl groups is 1. The summed E-state index contributed by atoms with van der Waals surface area (Å²) in [6.07, 6.45) is 15.9.